The second-order valence-electron chi connectivity index (χ2n) is 6.05. The van der Waals surface area contributed by atoms with Crippen LogP contribution in [0.1, 0.15) is 51.9 Å². The lowest BCUT2D eigenvalue weighted by molar-refractivity contribution is -0.139. The Labute approximate surface area is 108 Å². The van der Waals surface area contributed by atoms with Gasteiger partial charge in [-0.1, -0.05) is 0 Å². The molecule has 1 heterocycles. The summed E-state index contributed by atoms with van der Waals surface area (Å²) in [6.07, 6.45) is 6.93. The van der Waals surface area contributed by atoms with E-state index in [-0.39, 0.29) is 5.91 Å². The average molecular weight is 253 g/mol. The van der Waals surface area contributed by atoms with Crippen LogP contribution in [0.4, 0.5) is 0 Å². The SMILES string of the molecule is CC(=O)N1CCC2(CCC(CC(=O)O)CC2)CC1. The summed E-state index contributed by atoms with van der Waals surface area (Å²) >= 11 is 0. The molecule has 2 aliphatic rings. The number of carbonyl (C=O) groups excluding carboxylic acids is 1. The van der Waals surface area contributed by atoms with Crippen LogP contribution >= 0.6 is 0 Å². The zero-order valence-corrected chi connectivity index (χ0v) is 11.2. The second kappa shape index (κ2) is 5.29. The number of hydrogen-bond donors (Lipinski definition) is 1. The van der Waals surface area contributed by atoms with Gasteiger partial charge >= 0.3 is 5.97 Å². The lowest BCUT2D eigenvalue weighted by atomic mass is 9.65. The van der Waals surface area contributed by atoms with Crippen molar-refractivity contribution in [2.45, 2.75) is 51.9 Å². The molecular formula is C14H23NO3. The van der Waals surface area contributed by atoms with Crippen molar-refractivity contribution in [2.75, 3.05) is 13.1 Å². The Kier molecular flexibility index (Phi) is 3.93. The molecule has 1 N–H and O–H groups in total. The van der Waals surface area contributed by atoms with Gasteiger partial charge in [-0.15, -0.1) is 0 Å². The summed E-state index contributed by atoms with van der Waals surface area (Å²) in [7, 11) is 0. The van der Waals surface area contributed by atoms with Crippen molar-refractivity contribution >= 4 is 11.9 Å². The van der Waals surface area contributed by atoms with E-state index in [9.17, 15) is 9.59 Å². The fraction of sp³-hybridized carbons (Fsp3) is 0.857. The van der Waals surface area contributed by atoms with Gasteiger partial charge < -0.3 is 10.0 Å². The first-order valence-electron chi connectivity index (χ1n) is 6.98. The van der Waals surface area contributed by atoms with Crippen molar-refractivity contribution in [1.82, 2.24) is 4.90 Å². The molecule has 1 aliphatic heterocycles. The van der Waals surface area contributed by atoms with E-state index in [0.717, 1.165) is 51.6 Å². The number of nitrogens with zero attached hydrogens (tertiary/aromatic N) is 1. The van der Waals surface area contributed by atoms with Crippen LogP contribution in [-0.4, -0.2) is 35.0 Å². The van der Waals surface area contributed by atoms with Gasteiger partial charge in [-0.25, -0.2) is 0 Å². The molecule has 0 radical (unpaired) electrons. The minimum absolute atomic E-state index is 0.185. The molecule has 0 aromatic heterocycles. The molecule has 0 aromatic carbocycles. The quantitative estimate of drug-likeness (QED) is 0.821. The monoisotopic (exact) mass is 253 g/mol. The van der Waals surface area contributed by atoms with Gasteiger partial charge in [-0.3, -0.25) is 9.59 Å². The normalized spacial score (nSPS) is 24.2. The number of piperidine rings is 1. The largest absolute Gasteiger partial charge is 0.481 e. The number of carboxylic acid groups (broad SMARTS) is 1. The molecule has 0 unspecified atom stereocenters. The number of amides is 1. The third-order valence-electron chi connectivity index (χ3n) is 4.90. The number of aliphatic carboxylic acids is 1. The first-order chi connectivity index (χ1) is 8.51. The molecule has 18 heavy (non-hydrogen) atoms. The minimum Gasteiger partial charge on any atom is -0.481 e. The highest BCUT2D eigenvalue weighted by atomic mass is 16.4. The Balaban J connectivity index is 1.82. The van der Waals surface area contributed by atoms with Crippen LogP contribution in [0.25, 0.3) is 0 Å². The van der Waals surface area contributed by atoms with Crippen LogP contribution in [-0.2, 0) is 9.59 Å². The molecule has 1 amide bonds. The zero-order chi connectivity index (χ0) is 13.2. The van der Waals surface area contributed by atoms with Crippen LogP contribution < -0.4 is 0 Å². The van der Waals surface area contributed by atoms with E-state index in [2.05, 4.69) is 0 Å². The smallest absolute Gasteiger partial charge is 0.303 e. The van der Waals surface area contributed by atoms with Crippen LogP contribution in [0.5, 0.6) is 0 Å². The topological polar surface area (TPSA) is 57.6 Å². The molecule has 0 aromatic rings. The number of hydrogen-bond acceptors (Lipinski definition) is 2. The first-order valence-corrected chi connectivity index (χ1v) is 6.98. The standard InChI is InChI=1S/C14H23NO3/c1-11(16)15-8-6-14(7-9-15)4-2-12(3-5-14)10-13(17)18/h12H,2-10H2,1H3,(H,17,18). The van der Waals surface area contributed by atoms with Crippen molar-refractivity contribution in [2.24, 2.45) is 11.3 Å². The lowest BCUT2D eigenvalue weighted by Crippen LogP contribution is -2.43. The summed E-state index contributed by atoms with van der Waals surface area (Å²) in [4.78, 5) is 24.0. The molecule has 2 rings (SSSR count). The zero-order valence-electron chi connectivity index (χ0n) is 11.2. The van der Waals surface area contributed by atoms with Gasteiger partial charge in [-0.05, 0) is 49.9 Å². The van der Waals surface area contributed by atoms with E-state index < -0.39 is 5.97 Å². The van der Waals surface area contributed by atoms with E-state index in [1.807, 2.05) is 4.90 Å². The summed E-state index contributed by atoms with van der Waals surface area (Å²) in [6.45, 7) is 3.42. The highest BCUT2D eigenvalue weighted by molar-refractivity contribution is 5.73. The molecule has 0 bridgehead atoms. The molecule has 1 saturated heterocycles. The third kappa shape index (κ3) is 3.03. The van der Waals surface area contributed by atoms with Crippen LogP contribution in [0.3, 0.4) is 0 Å². The second-order valence-corrected chi connectivity index (χ2v) is 6.05. The summed E-state index contributed by atoms with van der Waals surface area (Å²) in [5.74, 6) is -0.106. The minimum atomic E-state index is -0.664. The maximum absolute atomic E-state index is 11.3. The maximum Gasteiger partial charge on any atom is 0.303 e. The molecule has 4 heteroatoms. The average Bonchev–Trinajstić information content (AvgIpc) is 2.32. The number of rotatable bonds is 2. The summed E-state index contributed by atoms with van der Waals surface area (Å²) < 4.78 is 0. The van der Waals surface area contributed by atoms with E-state index in [1.54, 1.807) is 6.92 Å². The van der Waals surface area contributed by atoms with Crippen molar-refractivity contribution in [3.8, 4) is 0 Å². The van der Waals surface area contributed by atoms with E-state index in [1.165, 1.54) is 0 Å². The molecule has 0 atom stereocenters. The van der Waals surface area contributed by atoms with Crippen LogP contribution in [0.15, 0.2) is 0 Å². The molecule has 1 saturated carbocycles. The molecule has 2 fully saturated rings. The van der Waals surface area contributed by atoms with E-state index in [0.29, 0.717) is 17.8 Å². The molecular weight excluding hydrogens is 230 g/mol. The summed E-state index contributed by atoms with van der Waals surface area (Å²) in [6, 6.07) is 0. The Morgan fingerprint density at radius 2 is 1.72 bits per heavy atom. The number of carbonyl (C=O) groups is 2. The van der Waals surface area contributed by atoms with Gasteiger partial charge in [0.25, 0.3) is 0 Å². The fourth-order valence-electron chi connectivity index (χ4n) is 3.54. The van der Waals surface area contributed by atoms with Crippen molar-refractivity contribution in [3.05, 3.63) is 0 Å². The number of likely N-dealkylation sites (tertiary alicyclic amines) is 1. The van der Waals surface area contributed by atoms with Gasteiger partial charge in [0, 0.05) is 26.4 Å². The molecule has 1 aliphatic carbocycles. The Morgan fingerprint density at radius 3 is 2.17 bits per heavy atom. The van der Waals surface area contributed by atoms with E-state index in [4.69, 9.17) is 5.11 Å². The highest BCUT2D eigenvalue weighted by Gasteiger charge is 2.38. The van der Waals surface area contributed by atoms with E-state index >= 15 is 0 Å². The summed E-state index contributed by atoms with van der Waals surface area (Å²) in [5.41, 5.74) is 0.404. The van der Waals surface area contributed by atoms with Gasteiger partial charge in [0.1, 0.15) is 0 Å². The van der Waals surface area contributed by atoms with Crippen molar-refractivity contribution in [3.63, 3.8) is 0 Å². The third-order valence-corrected chi connectivity index (χ3v) is 4.90. The maximum atomic E-state index is 11.3. The van der Waals surface area contributed by atoms with Crippen LogP contribution in [0.2, 0.25) is 0 Å². The predicted molar refractivity (Wildman–Crippen MR) is 68.1 cm³/mol. The van der Waals surface area contributed by atoms with Gasteiger partial charge in [0.15, 0.2) is 0 Å². The van der Waals surface area contributed by atoms with Crippen LogP contribution in [0, 0.1) is 11.3 Å². The summed E-state index contributed by atoms with van der Waals surface area (Å²) in [5, 5.41) is 8.82. The van der Waals surface area contributed by atoms with Gasteiger partial charge in [0.2, 0.25) is 5.91 Å². The predicted octanol–water partition coefficient (Wildman–Crippen LogP) is 2.28. The Morgan fingerprint density at radius 1 is 1.17 bits per heavy atom. The van der Waals surface area contributed by atoms with Crippen molar-refractivity contribution < 1.29 is 14.7 Å². The molecule has 1 spiro atoms. The Bertz CT molecular complexity index is 322. The van der Waals surface area contributed by atoms with Crippen molar-refractivity contribution in [1.29, 1.82) is 0 Å². The number of carboxylic acids is 1. The molecule has 102 valence electrons. The van der Waals surface area contributed by atoms with Gasteiger partial charge in [0.05, 0.1) is 0 Å². The van der Waals surface area contributed by atoms with Gasteiger partial charge in [-0.2, -0.15) is 0 Å². The highest BCUT2D eigenvalue weighted by Crippen LogP contribution is 2.46. The first kappa shape index (κ1) is 13.4. The Hall–Kier alpha value is -1.06. The lowest BCUT2D eigenvalue weighted by Gasteiger charge is -2.45. The molecule has 4 nitrogen and oxygen atoms in total. The fourth-order valence-corrected chi connectivity index (χ4v) is 3.54.